The standard InChI is InChI=1S/C29H34N/c1-18-13-27-22-9-10-23(16-22)28(27)17-26(18)29-25-12-11-21(20-7-5-4-6-8-20)15-24(25)14-19(2)30(29)3/h11-15,17,20,22-23H,4-10,16H2,1-3H3/q+1/i14D. The van der Waals surface area contributed by atoms with E-state index >= 15 is 0 Å². The molecule has 0 saturated heterocycles. The van der Waals surface area contributed by atoms with Crippen molar-refractivity contribution in [3.05, 3.63) is 64.3 Å². The Balaban J connectivity index is 1.56. The number of aryl methyl sites for hydroxylation is 1. The zero-order valence-electron chi connectivity index (χ0n) is 19.7. The first-order chi connectivity index (χ1) is 15.0. The van der Waals surface area contributed by atoms with Crippen molar-refractivity contribution >= 4 is 10.8 Å². The summed E-state index contributed by atoms with van der Waals surface area (Å²) in [5, 5.41) is 2.37. The van der Waals surface area contributed by atoms with Crippen LogP contribution in [0.4, 0.5) is 0 Å². The molecule has 2 fully saturated rings. The lowest BCUT2D eigenvalue weighted by Crippen LogP contribution is -2.35. The first kappa shape index (κ1) is 17.5. The van der Waals surface area contributed by atoms with Gasteiger partial charge in [-0.25, -0.2) is 0 Å². The normalized spacial score (nSPS) is 23.8. The average molecular weight is 398 g/mol. The zero-order valence-corrected chi connectivity index (χ0v) is 18.7. The number of benzene rings is 2. The minimum atomic E-state index is 0.674. The summed E-state index contributed by atoms with van der Waals surface area (Å²) in [5.74, 6) is 2.24. The highest BCUT2D eigenvalue weighted by atomic mass is 14.9. The Labute approximate surface area is 182 Å². The summed E-state index contributed by atoms with van der Waals surface area (Å²) in [6.45, 7) is 4.40. The minimum absolute atomic E-state index is 0.674. The van der Waals surface area contributed by atoms with E-state index in [1.54, 1.807) is 11.1 Å². The molecule has 1 heteroatoms. The summed E-state index contributed by atoms with van der Waals surface area (Å²) in [6, 6.07) is 12.7. The molecular formula is C29H34N+. The second-order valence-electron chi connectivity index (χ2n) is 10.3. The van der Waals surface area contributed by atoms with E-state index < -0.39 is 0 Å². The molecule has 2 aromatic carbocycles. The third-order valence-electron chi connectivity index (χ3n) is 8.53. The van der Waals surface area contributed by atoms with Crippen LogP contribution < -0.4 is 4.57 Å². The number of nitrogens with zero attached hydrogens (tertiary/aromatic N) is 1. The van der Waals surface area contributed by atoms with Crippen molar-refractivity contribution in [1.29, 1.82) is 0 Å². The van der Waals surface area contributed by atoms with Gasteiger partial charge in [0, 0.05) is 13.0 Å². The lowest BCUT2D eigenvalue weighted by Gasteiger charge is -2.22. The molecule has 3 aromatic rings. The number of aromatic nitrogens is 1. The highest BCUT2D eigenvalue weighted by Crippen LogP contribution is 2.54. The SMILES string of the molecule is [2H]c1c(C)[n+](C)c(-c2cc3c(cc2C)C2CCC3C2)c2ccc(C3CCCCC3)cc12. The molecule has 0 radical (unpaired) electrons. The molecule has 0 amide bonds. The van der Waals surface area contributed by atoms with Crippen LogP contribution in [0.3, 0.4) is 0 Å². The predicted octanol–water partition coefficient (Wildman–Crippen LogP) is 7.36. The van der Waals surface area contributed by atoms with Gasteiger partial charge in [-0.3, -0.25) is 0 Å². The van der Waals surface area contributed by atoms with Crippen LogP contribution in [0.1, 0.15) is 98.4 Å². The van der Waals surface area contributed by atoms with Gasteiger partial charge >= 0.3 is 0 Å². The molecule has 0 spiro atoms. The van der Waals surface area contributed by atoms with Gasteiger partial charge in [-0.05, 0) is 96.6 Å². The van der Waals surface area contributed by atoms with Crippen LogP contribution in [0.15, 0.2) is 36.4 Å². The summed E-state index contributed by atoms with van der Waals surface area (Å²) < 4.78 is 11.2. The van der Waals surface area contributed by atoms with Gasteiger partial charge in [-0.15, -0.1) is 0 Å². The molecule has 154 valence electrons. The van der Waals surface area contributed by atoms with E-state index in [1.165, 1.54) is 79.1 Å². The Bertz CT molecular complexity index is 1200. The molecule has 1 aromatic heterocycles. The quantitative estimate of drug-likeness (QED) is 0.398. The van der Waals surface area contributed by atoms with Crippen LogP contribution in [-0.2, 0) is 7.05 Å². The fourth-order valence-corrected chi connectivity index (χ4v) is 6.77. The van der Waals surface area contributed by atoms with Crippen molar-refractivity contribution in [2.24, 2.45) is 7.05 Å². The van der Waals surface area contributed by atoms with Crippen molar-refractivity contribution in [2.45, 2.75) is 83.0 Å². The van der Waals surface area contributed by atoms with E-state index in [9.17, 15) is 0 Å². The summed E-state index contributed by atoms with van der Waals surface area (Å²) in [4.78, 5) is 0. The van der Waals surface area contributed by atoms with Gasteiger partial charge in [0.05, 0.1) is 12.3 Å². The van der Waals surface area contributed by atoms with Gasteiger partial charge in [0.15, 0.2) is 5.69 Å². The summed E-state index contributed by atoms with van der Waals surface area (Å²) in [5.41, 5.74) is 9.78. The number of fused-ring (bicyclic) bond motifs is 6. The topological polar surface area (TPSA) is 3.88 Å². The smallest absolute Gasteiger partial charge is 0.198 e. The molecular weight excluding hydrogens is 362 g/mol. The molecule has 6 rings (SSSR count). The van der Waals surface area contributed by atoms with Crippen molar-refractivity contribution in [3.63, 3.8) is 0 Å². The van der Waals surface area contributed by atoms with Crippen LogP contribution in [0, 0.1) is 13.8 Å². The van der Waals surface area contributed by atoms with E-state index in [4.69, 9.17) is 1.37 Å². The molecule has 1 nitrogen and oxygen atoms in total. The van der Waals surface area contributed by atoms with Gasteiger partial charge in [-0.2, -0.15) is 4.57 Å². The van der Waals surface area contributed by atoms with Crippen LogP contribution in [0.5, 0.6) is 0 Å². The van der Waals surface area contributed by atoms with Gasteiger partial charge in [0.2, 0.25) is 5.69 Å². The van der Waals surface area contributed by atoms with Crippen molar-refractivity contribution < 1.29 is 5.94 Å². The van der Waals surface area contributed by atoms with E-state index in [1.807, 2.05) is 0 Å². The molecule has 0 N–H and O–H groups in total. The molecule has 0 aliphatic heterocycles. The number of pyridine rings is 1. The van der Waals surface area contributed by atoms with Crippen LogP contribution in [0.2, 0.25) is 0 Å². The Morgan fingerprint density at radius 3 is 2.37 bits per heavy atom. The van der Waals surface area contributed by atoms with Crippen LogP contribution >= 0.6 is 0 Å². The highest BCUT2D eigenvalue weighted by Gasteiger charge is 2.38. The van der Waals surface area contributed by atoms with Crippen LogP contribution in [0.25, 0.3) is 22.0 Å². The molecule has 2 atom stereocenters. The van der Waals surface area contributed by atoms with Gasteiger partial charge in [0.25, 0.3) is 0 Å². The molecule has 2 bridgehead atoms. The van der Waals surface area contributed by atoms with Crippen molar-refractivity contribution in [3.8, 4) is 11.3 Å². The lowest BCUT2D eigenvalue weighted by molar-refractivity contribution is -0.665. The first-order valence-corrected chi connectivity index (χ1v) is 12.1. The Kier molecular flexibility index (Phi) is 4.05. The number of hydrogen-bond acceptors (Lipinski definition) is 0. The lowest BCUT2D eigenvalue weighted by atomic mass is 9.83. The van der Waals surface area contributed by atoms with E-state index in [0.717, 1.165) is 22.9 Å². The van der Waals surface area contributed by atoms with E-state index in [-0.39, 0.29) is 0 Å². The van der Waals surface area contributed by atoms with Crippen molar-refractivity contribution in [2.75, 3.05) is 0 Å². The average Bonchev–Trinajstić information content (AvgIpc) is 3.41. The molecule has 1 heterocycles. The summed E-state index contributed by atoms with van der Waals surface area (Å²) in [7, 11) is 2.15. The molecule has 3 aliphatic rings. The Morgan fingerprint density at radius 1 is 0.867 bits per heavy atom. The maximum Gasteiger partial charge on any atom is 0.220 e. The monoisotopic (exact) mass is 397 g/mol. The fraction of sp³-hybridized carbons (Fsp3) is 0.483. The third-order valence-corrected chi connectivity index (χ3v) is 8.53. The molecule has 30 heavy (non-hydrogen) atoms. The van der Waals surface area contributed by atoms with E-state index in [2.05, 4.69) is 55.8 Å². The Morgan fingerprint density at radius 2 is 1.60 bits per heavy atom. The maximum atomic E-state index is 8.92. The van der Waals surface area contributed by atoms with Crippen molar-refractivity contribution in [1.82, 2.24) is 0 Å². The number of hydrogen-bond donors (Lipinski definition) is 0. The Hall–Kier alpha value is -2.15. The molecule has 2 saturated carbocycles. The second-order valence-corrected chi connectivity index (χ2v) is 10.3. The predicted molar refractivity (Wildman–Crippen MR) is 125 cm³/mol. The zero-order chi connectivity index (χ0) is 21.3. The molecule has 3 aliphatic carbocycles. The maximum absolute atomic E-state index is 8.92. The second kappa shape index (κ2) is 6.94. The van der Waals surface area contributed by atoms with Gasteiger partial charge < -0.3 is 0 Å². The first-order valence-electron chi connectivity index (χ1n) is 12.6. The van der Waals surface area contributed by atoms with Gasteiger partial charge in [-0.1, -0.05) is 37.5 Å². The van der Waals surface area contributed by atoms with Gasteiger partial charge in [0.1, 0.15) is 7.05 Å². The summed E-state index contributed by atoms with van der Waals surface area (Å²) in [6.07, 6.45) is 10.8. The number of rotatable bonds is 2. The van der Waals surface area contributed by atoms with Crippen LogP contribution in [-0.4, -0.2) is 0 Å². The minimum Gasteiger partial charge on any atom is -0.198 e. The van der Waals surface area contributed by atoms with E-state index in [0.29, 0.717) is 12.0 Å². The summed E-state index contributed by atoms with van der Waals surface area (Å²) >= 11 is 0. The molecule has 2 unspecified atom stereocenters. The third kappa shape index (κ3) is 2.77. The fourth-order valence-electron chi connectivity index (χ4n) is 6.77. The largest absolute Gasteiger partial charge is 0.220 e. The highest BCUT2D eigenvalue weighted by molar-refractivity contribution is 5.94.